The lowest BCUT2D eigenvalue weighted by molar-refractivity contribution is 0.0590. The molecule has 0 aliphatic heterocycles. The van der Waals surface area contributed by atoms with Gasteiger partial charge < -0.3 is 9.72 Å². The molecule has 19 heavy (non-hydrogen) atoms. The third kappa shape index (κ3) is 2.39. The Morgan fingerprint density at radius 1 is 1.16 bits per heavy atom. The van der Waals surface area contributed by atoms with E-state index < -0.39 is 15.8 Å². The molecule has 0 amide bonds. The van der Waals surface area contributed by atoms with Crippen molar-refractivity contribution in [2.45, 2.75) is 16.7 Å². The van der Waals surface area contributed by atoms with Gasteiger partial charge in [0.1, 0.15) is 10.6 Å². The number of hydrogen-bond donors (Lipinski definition) is 1. The van der Waals surface area contributed by atoms with Crippen LogP contribution in [0.3, 0.4) is 0 Å². The van der Waals surface area contributed by atoms with Crippen molar-refractivity contribution in [1.29, 1.82) is 0 Å². The van der Waals surface area contributed by atoms with Crippen LogP contribution in [-0.2, 0) is 14.6 Å². The van der Waals surface area contributed by atoms with E-state index in [0.717, 1.165) is 5.56 Å². The van der Waals surface area contributed by atoms with Gasteiger partial charge in [-0.25, -0.2) is 13.2 Å². The van der Waals surface area contributed by atoms with E-state index in [1.165, 1.54) is 31.5 Å². The summed E-state index contributed by atoms with van der Waals surface area (Å²) in [7, 11) is -2.53. The molecule has 0 aliphatic rings. The number of carbonyl (C=O) groups is 1. The molecule has 0 saturated carbocycles. The monoisotopic (exact) mass is 279 g/mol. The zero-order valence-electron chi connectivity index (χ0n) is 10.5. The molecule has 0 saturated heterocycles. The van der Waals surface area contributed by atoms with Crippen molar-refractivity contribution in [3.05, 3.63) is 47.8 Å². The Kier molecular flexibility index (Phi) is 3.44. The maximum atomic E-state index is 12.4. The van der Waals surface area contributed by atoms with Gasteiger partial charge in [-0.05, 0) is 25.1 Å². The fourth-order valence-corrected chi connectivity index (χ4v) is 3.09. The number of aromatic amines is 1. The Balaban J connectivity index is 2.54. The average molecular weight is 279 g/mol. The van der Waals surface area contributed by atoms with E-state index >= 15 is 0 Å². The van der Waals surface area contributed by atoms with E-state index in [4.69, 9.17) is 0 Å². The minimum Gasteiger partial charge on any atom is -0.464 e. The maximum absolute atomic E-state index is 12.4. The van der Waals surface area contributed by atoms with Gasteiger partial charge in [0.15, 0.2) is 0 Å². The van der Waals surface area contributed by atoms with E-state index in [-0.39, 0.29) is 15.5 Å². The van der Waals surface area contributed by atoms with Crippen LogP contribution in [-0.4, -0.2) is 26.5 Å². The fraction of sp³-hybridized carbons (Fsp3) is 0.154. The molecule has 100 valence electrons. The number of nitrogens with one attached hydrogen (secondary N) is 1. The van der Waals surface area contributed by atoms with Crippen molar-refractivity contribution in [2.24, 2.45) is 0 Å². The normalized spacial score (nSPS) is 11.3. The number of aryl methyl sites for hydroxylation is 1. The number of ether oxygens (including phenoxy) is 1. The molecule has 0 fully saturated rings. The highest BCUT2D eigenvalue weighted by molar-refractivity contribution is 7.91. The number of aromatic nitrogens is 1. The van der Waals surface area contributed by atoms with Crippen molar-refractivity contribution >= 4 is 15.8 Å². The summed E-state index contributed by atoms with van der Waals surface area (Å²) >= 11 is 0. The SMILES string of the molecule is COC(=O)c1[nH]ccc1S(=O)(=O)c1ccc(C)cc1. The zero-order chi connectivity index (χ0) is 14.0. The third-order valence-electron chi connectivity index (χ3n) is 2.72. The molecule has 2 aromatic rings. The second-order valence-corrected chi connectivity index (χ2v) is 5.94. The molecular weight excluding hydrogens is 266 g/mol. The maximum Gasteiger partial charge on any atom is 0.355 e. The minimum atomic E-state index is -3.73. The highest BCUT2D eigenvalue weighted by Crippen LogP contribution is 2.24. The van der Waals surface area contributed by atoms with Crippen LogP contribution in [0.1, 0.15) is 16.1 Å². The van der Waals surface area contributed by atoms with Crippen LogP contribution in [0.15, 0.2) is 46.3 Å². The Labute approximate surface area is 111 Å². The lowest BCUT2D eigenvalue weighted by atomic mass is 10.2. The molecule has 1 aromatic carbocycles. The average Bonchev–Trinajstić information content (AvgIpc) is 2.88. The summed E-state index contributed by atoms with van der Waals surface area (Å²) in [6, 6.07) is 7.79. The van der Waals surface area contributed by atoms with E-state index in [1.807, 2.05) is 6.92 Å². The quantitative estimate of drug-likeness (QED) is 0.871. The lowest BCUT2D eigenvalue weighted by Crippen LogP contribution is -2.10. The lowest BCUT2D eigenvalue weighted by Gasteiger charge is -2.05. The summed E-state index contributed by atoms with van der Waals surface area (Å²) in [5.41, 5.74) is 0.893. The second kappa shape index (κ2) is 4.89. The molecule has 0 atom stereocenters. The molecule has 2 rings (SSSR count). The van der Waals surface area contributed by atoms with E-state index in [0.29, 0.717) is 0 Å². The van der Waals surface area contributed by atoms with Crippen LogP contribution in [0.25, 0.3) is 0 Å². The van der Waals surface area contributed by atoms with Crippen molar-refractivity contribution in [3.8, 4) is 0 Å². The number of H-pyrrole nitrogens is 1. The van der Waals surface area contributed by atoms with E-state index in [9.17, 15) is 13.2 Å². The molecule has 0 unspecified atom stereocenters. The van der Waals surface area contributed by atoms with Crippen LogP contribution in [0.2, 0.25) is 0 Å². The topological polar surface area (TPSA) is 76.2 Å². The van der Waals surface area contributed by atoms with Crippen LogP contribution in [0.5, 0.6) is 0 Å². The predicted molar refractivity (Wildman–Crippen MR) is 68.8 cm³/mol. The summed E-state index contributed by atoms with van der Waals surface area (Å²) in [5.74, 6) is -0.712. The van der Waals surface area contributed by atoms with Gasteiger partial charge >= 0.3 is 5.97 Å². The van der Waals surface area contributed by atoms with E-state index in [1.54, 1.807) is 12.1 Å². The van der Waals surface area contributed by atoms with Crippen molar-refractivity contribution in [1.82, 2.24) is 4.98 Å². The molecule has 5 nitrogen and oxygen atoms in total. The van der Waals surface area contributed by atoms with Crippen LogP contribution in [0.4, 0.5) is 0 Å². The molecule has 0 bridgehead atoms. The first-order valence-electron chi connectivity index (χ1n) is 5.54. The van der Waals surface area contributed by atoms with Gasteiger partial charge in [0.2, 0.25) is 9.84 Å². The van der Waals surface area contributed by atoms with Gasteiger partial charge in [-0.15, -0.1) is 0 Å². The number of sulfone groups is 1. The van der Waals surface area contributed by atoms with Crippen molar-refractivity contribution < 1.29 is 17.9 Å². The predicted octanol–water partition coefficient (Wildman–Crippen LogP) is 1.94. The first-order valence-corrected chi connectivity index (χ1v) is 7.02. The highest BCUT2D eigenvalue weighted by Gasteiger charge is 2.25. The van der Waals surface area contributed by atoms with Crippen LogP contribution < -0.4 is 0 Å². The summed E-state index contributed by atoms with van der Waals surface area (Å²) in [4.78, 5) is 14.2. The molecule has 1 heterocycles. The summed E-state index contributed by atoms with van der Waals surface area (Å²) in [6.45, 7) is 1.87. The fourth-order valence-electron chi connectivity index (χ4n) is 1.69. The Bertz CT molecular complexity index is 698. The van der Waals surface area contributed by atoms with Crippen molar-refractivity contribution in [3.63, 3.8) is 0 Å². The Morgan fingerprint density at radius 2 is 1.79 bits per heavy atom. The highest BCUT2D eigenvalue weighted by atomic mass is 32.2. The number of hydrogen-bond acceptors (Lipinski definition) is 4. The van der Waals surface area contributed by atoms with Crippen molar-refractivity contribution in [2.75, 3.05) is 7.11 Å². The summed E-state index contributed by atoms with van der Waals surface area (Å²) in [6.07, 6.45) is 1.40. The number of carbonyl (C=O) groups excluding carboxylic acids is 1. The molecule has 1 aromatic heterocycles. The van der Waals surface area contributed by atoms with Crippen LogP contribution in [0, 0.1) is 6.92 Å². The number of benzene rings is 1. The molecular formula is C13H13NO4S. The Hall–Kier alpha value is -2.08. The first-order chi connectivity index (χ1) is 8.96. The third-order valence-corrected chi connectivity index (χ3v) is 4.53. The zero-order valence-corrected chi connectivity index (χ0v) is 11.3. The molecule has 1 N–H and O–H groups in total. The van der Waals surface area contributed by atoms with Gasteiger partial charge in [0.05, 0.1) is 12.0 Å². The summed E-state index contributed by atoms with van der Waals surface area (Å²) in [5, 5.41) is 0. The van der Waals surface area contributed by atoms with Gasteiger partial charge in [-0.3, -0.25) is 0 Å². The molecule has 0 radical (unpaired) electrons. The molecule has 6 heteroatoms. The van der Waals surface area contributed by atoms with Crippen LogP contribution >= 0.6 is 0 Å². The smallest absolute Gasteiger partial charge is 0.355 e. The standard InChI is InChI=1S/C13H13NO4S/c1-9-3-5-10(6-4-9)19(16,17)11-7-8-14-12(11)13(15)18-2/h3-8,14H,1-2H3. The van der Waals surface area contributed by atoms with Gasteiger partial charge in [0, 0.05) is 6.20 Å². The van der Waals surface area contributed by atoms with E-state index in [2.05, 4.69) is 9.72 Å². The minimum absolute atomic E-state index is 0.0666. The number of esters is 1. The largest absolute Gasteiger partial charge is 0.464 e. The second-order valence-electron chi connectivity index (χ2n) is 4.02. The van der Waals surface area contributed by atoms with Gasteiger partial charge in [-0.1, -0.05) is 17.7 Å². The van der Waals surface area contributed by atoms with Gasteiger partial charge in [0.25, 0.3) is 0 Å². The summed E-state index contributed by atoms with van der Waals surface area (Å²) < 4.78 is 29.4. The Morgan fingerprint density at radius 3 is 2.37 bits per heavy atom. The number of methoxy groups -OCH3 is 1. The molecule has 0 spiro atoms. The first kappa shape index (κ1) is 13.4. The molecule has 0 aliphatic carbocycles. The van der Waals surface area contributed by atoms with Gasteiger partial charge in [-0.2, -0.15) is 0 Å². The number of rotatable bonds is 3.